The quantitative estimate of drug-likeness (QED) is 0.372. The molecule has 0 saturated carbocycles. The van der Waals surface area contributed by atoms with Crippen LogP contribution in [0.3, 0.4) is 0 Å². The van der Waals surface area contributed by atoms with E-state index in [0.29, 0.717) is 5.56 Å². The highest BCUT2D eigenvalue weighted by atomic mass is 16.3. The highest BCUT2D eigenvalue weighted by Crippen LogP contribution is 2.15. The SMILES string of the molecule is CC(Cc1ccccc1)(NC(=O)[C@H](Cc1ccccc1)NC(=O)Cc1ccc(O)cc1)C(N)=O. The second-order valence-corrected chi connectivity index (χ2v) is 8.50. The molecule has 3 amide bonds. The van der Waals surface area contributed by atoms with Gasteiger partial charge in [0.05, 0.1) is 6.42 Å². The number of hydrogen-bond donors (Lipinski definition) is 4. The van der Waals surface area contributed by atoms with E-state index >= 15 is 0 Å². The Kier molecular flexibility index (Phi) is 8.03. The van der Waals surface area contributed by atoms with Gasteiger partial charge in [-0.3, -0.25) is 14.4 Å². The summed E-state index contributed by atoms with van der Waals surface area (Å²) in [5, 5.41) is 15.0. The third-order valence-corrected chi connectivity index (χ3v) is 5.58. The fraction of sp³-hybridized carbons (Fsp3) is 0.222. The van der Waals surface area contributed by atoms with Gasteiger partial charge in [-0.2, -0.15) is 0 Å². The Labute approximate surface area is 199 Å². The van der Waals surface area contributed by atoms with Crippen molar-refractivity contribution in [2.75, 3.05) is 0 Å². The number of phenols is 1. The van der Waals surface area contributed by atoms with Crippen LogP contribution in [0, 0.1) is 0 Å². The molecule has 3 aromatic carbocycles. The van der Waals surface area contributed by atoms with E-state index in [1.165, 1.54) is 12.1 Å². The molecule has 176 valence electrons. The number of rotatable bonds is 10. The van der Waals surface area contributed by atoms with Crippen molar-refractivity contribution in [1.82, 2.24) is 10.6 Å². The first kappa shape index (κ1) is 24.5. The topological polar surface area (TPSA) is 122 Å². The van der Waals surface area contributed by atoms with Crippen LogP contribution in [0.15, 0.2) is 84.9 Å². The first-order valence-corrected chi connectivity index (χ1v) is 11.0. The van der Waals surface area contributed by atoms with Crippen molar-refractivity contribution in [3.8, 4) is 5.75 Å². The molecule has 3 aromatic rings. The molecule has 2 atom stereocenters. The minimum absolute atomic E-state index is 0.0377. The number of nitrogens with one attached hydrogen (secondary N) is 2. The molecule has 1 unspecified atom stereocenters. The van der Waals surface area contributed by atoms with Gasteiger partial charge in [-0.25, -0.2) is 0 Å². The third kappa shape index (κ3) is 6.93. The zero-order valence-electron chi connectivity index (χ0n) is 19.0. The molecule has 0 bridgehead atoms. The highest BCUT2D eigenvalue weighted by molar-refractivity contribution is 5.94. The molecule has 34 heavy (non-hydrogen) atoms. The van der Waals surface area contributed by atoms with Crippen molar-refractivity contribution in [2.45, 2.75) is 37.8 Å². The lowest BCUT2D eigenvalue weighted by atomic mass is 9.91. The molecule has 5 N–H and O–H groups in total. The summed E-state index contributed by atoms with van der Waals surface area (Å²) in [5.74, 6) is -1.42. The fourth-order valence-electron chi connectivity index (χ4n) is 3.66. The number of aromatic hydroxyl groups is 1. The van der Waals surface area contributed by atoms with Crippen LogP contribution >= 0.6 is 0 Å². The number of primary amides is 1. The zero-order valence-corrected chi connectivity index (χ0v) is 19.0. The number of benzene rings is 3. The van der Waals surface area contributed by atoms with Crippen LogP contribution in [0.25, 0.3) is 0 Å². The van der Waals surface area contributed by atoms with Crippen molar-refractivity contribution in [1.29, 1.82) is 0 Å². The number of carbonyl (C=O) groups is 3. The van der Waals surface area contributed by atoms with Crippen LogP contribution in [0.5, 0.6) is 5.75 Å². The van der Waals surface area contributed by atoms with Crippen LogP contribution in [-0.2, 0) is 33.6 Å². The van der Waals surface area contributed by atoms with Gasteiger partial charge in [-0.15, -0.1) is 0 Å². The van der Waals surface area contributed by atoms with Crippen LogP contribution < -0.4 is 16.4 Å². The smallest absolute Gasteiger partial charge is 0.243 e. The average molecular weight is 460 g/mol. The van der Waals surface area contributed by atoms with Gasteiger partial charge in [0.25, 0.3) is 0 Å². The van der Waals surface area contributed by atoms with E-state index in [2.05, 4.69) is 10.6 Å². The molecule has 0 aliphatic rings. The molecular formula is C27H29N3O4. The molecule has 0 saturated heterocycles. The van der Waals surface area contributed by atoms with E-state index in [1.54, 1.807) is 19.1 Å². The summed E-state index contributed by atoms with van der Waals surface area (Å²) >= 11 is 0. The number of phenolic OH excluding ortho intramolecular Hbond substituents is 1. The van der Waals surface area contributed by atoms with Gasteiger partial charge in [-0.1, -0.05) is 72.8 Å². The van der Waals surface area contributed by atoms with Gasteiger partial charge in [0, 0.05) is 12.8 Å². The summed E-state index contributed by atoms with van der Waals surface area (Å²) in [6.07, 6.45) is 0.499. The maximum atomic E-state index is 13.3. The monoisotopic (exact) mass is 459 g/mol. The zero-order chi connectivity index (χ0) is 24.6. The fourth-order valence-corrected chi connectivity index (χ4v) is 3.66. The summed E-state index contributed by atoms with van der Waals surface area (Å²) < 4.78 is 0. The number of carbonyl (C=O) groups excluding carboxylic acids is 3. The Bertz CT molecular complexity index is 1120. The molecule has 0 aromatic heterocycles. The van der Waals surface area contributed by atoms with Crippen molar-refractivity contribution >= 4 is 17.7 Å². The van der Waals surface area contributed by atoms with E-state index in [1.807, 2.05) is 60.7 Å². The number of hydrogen-bond acceptors (Lipinski definition) is 4. The predicted octanol–water partition coefficient (Wildman–Crippen LogP) is 2.27. The van der Waals surface area contributed by atoms with E-state index in [9.17, 15) is 19.5 Å². The molecule has 0 fully saturated rings. The van der Waals surface area contributed by atoms with Gasteiger partial charge in [0.15, 0.2) is 0 Å². The second kappa shape index (κ2) is 11.1. The van der Waals surface area contributed by atoms with Crippen molar-refractivity contribution in [3.63, 3.8) is 0 Å². The maximum absolute atomic E-state index is 13.3. The Morgan fingerprint density at radius 3 is 1.97 bits per heavy atom. The van der Waals surface area contributed by atoms with E-state index < -0.39 is 23.4 Å². The maximum Gasteiger partial charge on any atom is 0.243 e. The molecular weight excluding hydrogens is 430 g/mol. The summed E-state index contributed by atoms with van der Waals surface area (Å²) in [6, 6.07) is 23.9. The molecule has 0 spiro atoms. The molecule has 0 radical (unpaired) electrons. The van der Waals surface area contributed by atoms with Crippen LogP contribution in [0.1, 0.15) is 23.6 Å². The van der Waals surface area contributed by atoms with Crippen molar-refractivity contribution < 1.29 is 19.5 Å². The lowest BCUT2D eigenvalue weighted by Gasteiger charge is -2.30. The predicted molar refractivity (Wildman–Crippen MR) is 130 cm³/mol. The standard InChI is InChI=1S/C27H29N3O4/c1-27(26(28)34,18-21-10-6-3-7-11-21)30-25(33)23(16-19-8-4-2-5-9-19)29-24(32)17-20-12-14-22(31)15-13-20/h2-15,23,31H,16-18H2,1H3,(H2,28,34)(H,29,32)(H,30,33)/t23-,27?/m0/s1. The summed E-state index contributed by atoms with van der Waals surface area (Å²) in [7, 11) is 0. The first-order chi connectivity index (χ1) is 16.2. The second-order valence-electron chi connectivity index (χ2n) is 8.50. The van der Waals surface area contributed by atoms with Gasteiger partial charge in [-0.05, 0) is 35.7 Å². The van der Waals surface area contributed by atoms with Crippen LogP contribution in [0.4, 0.5) is 0 Å². The van der Waals surface area contributed by atoms with Gasteiger partial charge in [0.2, 0.25) is 17.7 Å². The van der Waals surface area contributed by atoms with Crippen molar-refractivity contribution in [3.05, 3.63) is 102 Å². The largest absolute Gasteiger partial charge is 0.508 e. The average Bonchev–Trinajstić information content (AvgIpc) is 2.81. The highest BCUT2D eigenvalue weighted by Gasteiger charge is 2.35. The van der Waals surface area contributed by atoms with Crippen LogP contribution in [-0.4, -0.2) is 34.4 Å². The minimum atomic E-state index is -1.34. The lowest BCUT2D eigenvalue weighted by Crippen LogP contribution is -2.61. The number of amides is 3. The summed E-state index contributed by atoms with van der Waals surface area (Å²) in [6.45, 7) is 1.58. The van der Waals surface area contributed by atoms with Gasteiger partial charge < -0.3 is 21.5 Å². The Morgan fingerprint density at radius 1 is 0.853 bits per heavy atom. The summed E-state index contributed by atoms with van der Waals surface area (Å²) in [4.78, 5) is 38.4. The van der Waals surface area contributed by atoms with Crippen LogP contribution in [0.2, 0.25) is 0 Å². The molecule has 0 heterocycles. The van der Waals surface area contributed by atoms with E-state index in [-0.39, 0.29) is 30.9 Å². The van der Waals surface area contributed by atoms with E-state index in [4.69, 9.17) is 5.73 Å². The third-order valence-electron chi connectivity index (χ3n) is 5.58. The molecule has 3 rings (SSSR count). The van der Waals surface area contributed by atoms with E-state index in [0.717, 1.165) is 11.1 Å². The Balaban J connectivity index is 1.77. The lowest BCUT2D eigenvalue weighted by molar-refractivity contribution is -0.133. The molecule has 0 aliphatic heterocycles. The van der Waals surface area contributed by atoms with Gasteiger partial charge in [0.1, 0.15) is 17.3 Å². The first-order valence-electron chi connectivity index (χ1n) is 11.0. The summed E-state index contributed by atoms with van der Waals surface area (Å²) in [5.41, 5.74) is 6.74. The number of nitrogens with two attached hydrogens (primary N) is 1. The molecule has 0 aliphatic carbocycles. The molecule has 7 nitrogen and oxygen atoms in total. The minimum Gasteiger partial charge on any atom is -0.508 e. The Morgan fingerprint density at radius 2 is 1.41 bits per heavy atom. The Hall–Kier alpha value is -4.13. The normalized spacial score (nSPS) is 13.3. The van der Waals surface area contributed by atoms with Crippen molar-refractivity contribution in [2.24, 2.45) is 5.73 Å². The van der Waals surface area contributed by atoms with Gasteiger partial charge >= 0.3 is 0 Å². The molecule has 7 heteroatoms.